The first-order chi connectivity index (χ1) is 5.95. The predicted octanol–water partition coefficient (Wildman–Crippen LogP) is 1.94. The van der Waals surface area contributed by atoms with Crippen LogP contribution in [0.5, 0.6) is 0 Å². The van der Waals surface area contributed by atoms with Crippen LogP contribution in [0.3, 0.4) is 0 Å². The molecule has 0 amide bonds. The largest absolute Gasteiger partial charge is 0.476 e. The first kappa shape index (κ1) is 14.9. The second kappa shape index (κ2) is 5.86. The molecule has 1 aromatic rings. The SMILES string of the molecule is Nc1c(Cl)c(Cl)nc(C(=O)O)c1Cl.[K]. The molecule has 0 aliphatic carbocycles. The van der Waals surface area contributed by atoms with Crippen molar-refractivity contribution in [2.75, 3.05) is 5.73 Å². The zero-order chi connectivity index (χ0) is 10.2. The molecule has 0 unspecified atom stereocenters. The van der Waals surface area contributed by atoms with E-state index in [0.717, 1.165) is 0 Å². The van der Waals surface area contributed by atoms with Gasteiger partial charge in [-0.1, -0.05) is 34.8 Å². The van der Waals surface area contributed by atoms with Gasteiger partial charge in [0.05, 0.1) is 10.7 Å². The Labute approximate surface area is 137 Å². The van der Waals surface area contributed by atoms with Crippen LogP contribution in [-0.2, 0) is 0 Å². The Morgan fingerprint density at radius 2 is 1.79 bits per heavy atom. The fraction of sp³-hybridized carbons (Fsp3) is 0. The number of aromatic nitrogens is 1. The number of anilines is 1. The second-order valence-corrected chi connectivity index (χ2v) is 3.21. The van der Waals surface area contributed by atoms with Crippen LogP contribution in [0.4, 0.5) is 5.69 Å². The van der Waals surface area contributed by atoms with Gasteiger partial charge in [0, 0.05) is 51.4 Å². The second-order valence-electron chi connectivity index (χ2n) is 2.10. The van der Waals surface area contributed by atoms with Crippen LogP contribution in [0.1, 0.15) is 10.5 Å². The molecule has 0 saturated carbocycles. The van der Waals surface area contributed by atoms with Gasteiger partial charge >= 0.3 is 5.97 Å². The number of carboxylic acids is 1. The van der Waals surface area contributed by atoms with Gasteiger partial charge in [-0.2, -0.15) is 0 Å². The summed E-state index contributed by atoms with van der Waals surface area (Å²) in [5.74, 6) is -1.31. The van der Waals surface area contributed by atoms with Crippen LogP contribution in [0.2, 0.25) is 15.2 Å². The molecule has 8 heteroatoms. The van der Waals surface area contributed by atoms with Gasteiger partial charge in [0.1, 0.15) is 5.02 Å². The zero-order valence-electron chi connectivity index (χ0n) is 7.01. The normalized spacial score (nSPS) is 9.36. The van der Waals surface area contributed by atoms with Crippen molar-refractivity contribution < 1.29 is 9.90 Å². The molecule has 4 nitrogen and oxygen atoms in total. The maximum atomic E-state index is 10.5. The molecule has 1 radical (unpaired) electrons. The number of halogens is 3. The third-order valence-electron chi connectivity index (χ3n) is 1.27. The van der Waals surface area contributed by atoms with Crippen molar-refractivity contribution in [2.45, 2.75) is 0 Å². The molecule has 1 rings (SSSR count). The summed E-state index contributed by atoms with van der Waals surface area (Å²) < 4.78 is 0. The number of hydrogen-bond acceptors (Lipinski definition) is 3. The van der Waals surface area contributed by atoms with Gasteiger partial charge in [-0.05, 0) is 0 Å². The van der Waals surface area contributed by atoms with Crippen LogP contribution in [-0.4, -0.2) is 67.4 Å². The molecule has 0 aromatic carbocycles. The Morgan fingerprint density at radius 3 is 2.21 bits per heavy atom. The van der Waals surface area contributed by atoms with Crippen molar-refractivity contribution in [3.63, 3.8) is 0 Å². The number of pyridine rings is 1. The summed E-state index contributed by atoms with van der Waals surface area (Å²) in [6.45, 7) is 0. The first-order valence-corrected chi connectivity index (χ1v) is 4.11. The fourth-order valence-electron chi connectivity index (χ4n) is 0.673. The molecule has 14 heavy (non-hydrogen) atoms. The predicted molar refractivity (Wildman–Crippen MR) is 56.4 cm³/mol. The van der Waals surface area contributed by atoms with E-state index in [1.165, 1.54) is 0 Å². The molecule has 0 aliphatic rings. The van der Waals surface area contributed by atoms with Crippen molar-refractivity contribution in [1.82, 2.24) is 4.98 Å². The Hall–Kier alpha value is 0.926. The van der Waals surface area contributed by atoms with E-state index in [1.807, 2.05) is 0 Å². The minimum absolute atomic E-state index is 0. The molecule has 0 spiro atoms. The molecule has 0 atom stereocenters. The Morgan fingerprint density at radius 1 is 1.29 bits per heavy atom. The summed E-state index contributed by atoms with van der Waals surface area (Å²) >= 11 is 16.6. The molecule has 1 aromatic heterocycles. The number of rotatable bonds is 1. The number of nitrogens with zero attached hydrogens (tertiary/aromatic N) is 1. The van der Waals surface area contributed by atoms with E-state index in [-0.39, 0.29) is 72.3 Å². The number of nitrogens with two attached hydrogens (primary N) is 1. The monoisotopic (exact) mass is 279 g/mol. The average Bonchev–Trinajstić information content (AvgIpc) is 2.07. The van der Waals surface area contributed by atoms with Crippen LogP contribution >= 0.6 is 34.8 Å². The van der Waals surface area contributed by atoms with Gasteiger partial charge < -0.3 is 10.8 Å². The summed E-state index contributed by atoms with van der Waals surface area (Å²) in [6, 6.07) is 0. The molecule has 0 fully saturated rings. The molecule has 71 valence electrons. The summed E-state index contributed by atoms with van der Waals surface area (Å²) in [5.41, 5.74) is 4.88. The third kappa shape index (κ3) is 2.96. The van der Waals surface area contributed by atoms with Crippen molar-refractivity contribution >= 4 is 97.8 Å². The van der Waals surface area contributed by atoms with E-state index in [4.69, 9.17) is 45.6 Å². The number of carbonyl (C=O) groups is 1. The van der Waals surface area contributed by atoms with E-state index in [1.54, 1.807) is 0 Å². The quantitative estimate of drug-likeness (QED) is 0.609. The van der Waals surface area contributed by atoms with Crippen molar-refractivity contribution in [3.8, 4) is 0 Å². The van der Waals surface area contributed by atoms with Crippen LogP contribution in [0.15, 0.2) is 0 Å². The smallest absolute Gasteiger partial charge is 0.356 e. The van der Waals surface area contributed by atoms with Crippen LogP contribution < -0.4 is 5.73 Å². The Balaban J connectivity index is 0.00000169. The maximum absolute atomic E-state index is 10.5. The number of hydrogen-bond donors (Lipinski definition) is 2. The zero-order valence-corrected chi connectivity index (χ0v) is 12.4. The topological polar surface area (TPSA) is 76.2 Å². The van der Waals surface area contributed by atoms with Gasteiger partial charge in [-0.3, -0.25) is 0 Å². The molecule has 0 saturated heterocycles. The van der Waals surface area contributed by atoms with Crippen molar-refractivity contribution in [1.29, 1.82) is 0 Å². The van der Waals surface area contributed by atoms with E-state index in [2.05, 4.69) is 4.98 Å². The molecular weight excluding hydrogens is 278 g/mol. The maximum Gasteiger partial charge on any atom is 0.356 e. The first-order valence-electron chi connectivity index (χ1n) is 2.98. The summed E-state index contributed by atoms with van der Waals surface area (Å²) in [4.78, 5) is 14.0. The fourth-order valence-corrected chi connectivity index (χ4v) is 1.26. The van der Waals surface area contributed by atoms with E-state index < -0.39 is 11.7 Å². The number of aromatic carboxylic acids is 1. The molecule has 0 aliphatic heterocycles. The third-order valence-corrected chi connectivity index (χ3v) is 2.41. The Bertz CT molecular complexity index is 386. The Kier molecular flexibility index (Phi) is 6.25. The molecule has 3 N–H and O–H groups in total. The van der Waals surface area contributed by atoms with Crippen LogP contribution in [0, 0.1) is 0 Å². The average molecular weight is 281 g/mol. The van der Waals surface area contributed by atoms with Crippen molar-refractivity contribution in [3.05, 3.63) is 20.9 Å². The van der Waals surface area contributed by atoms with E-state index in [0.29, 0.717) is 0 Å². The summed E-state index contributed by atoms with van der Waals surface area (Å²) in [6.07, 6.45) is 0. The summed E-state index contributed by atoms with van der Waals surface area (Å²) in [5, 5.41) is 8.17. The number of carboxylic acid groups (broad SMARTS) is 1. The van der Waals surface area contributed by atoms with Gasteiger partial charge in [0.15, 0.2) is 10.8 Å². The van der Waals surface area contributed by atoms with E-state index >= 15 is 0 Å². The molecular formula is C6H3Cl3KN2O2. The summed E-state index contributed by atoms with van der Waals surface area (Å²) in [7, 11) is 0. The minimum atomic E-state index is -1.31. The van der Waals surface area contributed by atoms with E-state index in [9.17, 15) is 4.79 Å². The molecule has 1 heterocycles. The van der Waals surface area contributed by atoms with Gasteiger partial charge in [0.25, 0.3) is 0 Å². The standard InChI is InChI=1S/C6H3Cl3N2O2.K/c7-1-3(10)2(8)5(9)11-4(1)6(12)13;/h(H2,10,11)(H,12,13);. The van der Waals surface area contributed by atoms with Gasteiger partial charge in [0.2, 0.25) is 0 Å². The minimum Gasteiger partial charge on any atom is -0.476 e. The van der Waals surface area contributed by atoms with Crippen LogP contribution in [0.25, 0.3) is 0 Å². The van der Waals surface area contributed by atoms with Gasteiger partial charge in [-0.15, -0.1) is 0 Å². The van der Waals surface area contributed by atoms with Gasteiger partial charge in [-0.25, -0.2) is 9.78 Å². The molecule has 0 bridgehead atoms. The van der Waals surface area contributed by atoms with Crippen molar-refractivity contribution in [2.24, 2.45) is 0 Å². The number of nitrogen functional groups attached to an aromatic ring is 1.